The number of likely N-dealkylation sites (tertiary alicyclic amines) is 1. The fourth-order valence-electron chi connectivity index (χ4n) is 3.03. The van der Waals surface area contributed by atoms with Crippen molar-refractivity contribution in [1.82, 2.24) is 4.90 Å². The number of guanidine groups is 1. The first-order valence-corrected chi connectivity index (χ1v) is 8.55. The predicted molar refractivity (Wildman–Crippen MR) is 99.2 cm³/mol. The van der Waals surface area contributed by atoms with Crippen LogP contribution >= 0.6 is 11.6 Å². The molecule has 2 aliphatic heterocycles. The zero-order chi connectivity index (χ0) is 16.2. The Morgan fingerprint density at radius 1 is 1.22 bits per heavy atom. The van der Waals surface area contributed by atoms with Crippen LogP contribution in [0.3, 0.4) is 0 Å². The number of nitrogens with one attached hydrogen (secondary N) is 1. The minimum Gasteiger partial charge on any atom is -0.372 e. The largest absolute Gasteiger partial charge is 0.372 e. The van der Waals surface area contributed by atoms with E-state index in [1.165, 1.54) is 31.6 Å². The molecule has 5 nitrogen and oxygen atoms in total. The molecule has 0 saturated carbocycles. The van der Waals surface area contributed by atoms with Crippen LogP contribution in [0.1, 0.15) is 19.3 Å². The van der Waals surface area contributed by atoms with Gasteiger partial charge >= 0.3 is 0 Å². The van der Waals surface area contributed by atoms with Crippen molar-refractivity contribution in [2.24, 2.45) is 9.98 Å². The van der Waals surface area contributed by atoms with Gasteiger partial charge in [0, 0.05) is 37.4 Å². The van der Waals surface area contributed by atoms with Crippen molar-refractivity contribution in [3.63, 3.8) is 0 Å². The molecule has 0 bridgehead atoms. The number of hydrogen-bond acceptors (Lipinski definition) is 5. The number of halogens is 1. The van der Waals surface area contributed by atoms with Crippen molar-refractivity contribution in [2.75, 3.05) is 43.9 Å². The number of hydrogen-bond donors (Lipinski definition) is 1. The molecular weight excluding hydrogens is 310 g/mol. The van der Waals surface area contributed by atoms with Crippen molar-refractivity contribution in [1.29, 1.82) is 0 Å². The first-order valence-electron chi connectivity index (χ1n) is 8.18. The van der Waals surface area contributed by atoms with Crippen LogP contribution in [0.4, 0.5) is 11.4 Å². The van der Waals surface area contributed by atoms with Crippen molar-refractivity contribution < 1.29 is 0 Å². The molecule has 0 unspecified atom stereocenters. The third kappa shape index (κ3) is 4.24. The van der Waals surface area contributed by atoms with E-state index in [0.29, 0.717) is 23.7 Å². The molecule has 23 heavy (non-hydrogen) atoms. The minimum absolute atomic E-state index is 0.595. The van der Waals surface area contributed by atoms with E-state index in [-0.39, 0.29) is 0 Å². The smallest absolute Gasteiger partial charge is 0.223 e. The zero-order valence-corrected chi connectivity index (χ0v) is 14.6. The lowest BCUT2D eigenvalue weighted by Crippen LogP contribution is -2.41. The van der Waals surface area contributed by atoms with Gasteiger partial charge in [-0.05, 0) is 57.2 Å². The van der Waals surface area contributed by atoms with Gasteiger partial charge in [0.2, 0.25) is 5.96 Å². The Labute approximate surface area is 143 Å². The van der Waals surface area contributed by atoms with Gasteiger partial charge in [-0.15, -0.1) is 0 Å². The molecule has 6 heteroatoms. The highest BCUT2D eigenvalue weighted by Crippen LogP contribution is 2.23. The Kier molecular flexibility index (Phi) is 5.18. The summed E-state index contributed by atoms with van der Waals surface area (Å²) in [7, 11) is 4.38. The molecule has 1 N–H and O–H groups in total. The van der Waals surface area contributed by atoms with E-state index in [9.17, 15) is 0 Å². The average molecular weight is 334 g/mol. The summed E-state index contributed by atoms with van der Waals surface area (Å²) in [6, 6.07) is 9.06. The monoisotopic (exact) mass is 333 g/mol. The minimum atomic E-state index is 0.595. The molecule has 124 valence electrons. The second-order valence-corrected chi connectivity index (χ2v) is 6.70. The van der Waals surface area contributed by atoms with E-state index >= 15 is 0 Å². The maximum Gasteiger partial charge on any atom is 0.223 e. The first kappa shape index (κ1) is 16.3. The Hall–Kier alpha value is -1.59. The molecule has 0 spiro atoms. The van der Waals surface area contributed by atoms with Gasteiger partial charge in [0.1, 0.15) is 5.17 Å². The van der Waals surface area contributed by atoms with Crippen molar-refractivity contribution in [3.8, 4) is 0 Å². The normalized spacial score (nSPS) is 20.0. The second-order valence-electron chi connectivity index (χ2n) is 6.26. The molecule has 0 radical (unpaired) electrons. The summed E-state index contributed by atoms with van der Waals surface area (Å²) in [6.45, 7) is 3.04. The fourth-order valence-corrected chi connectivity index (χ4v) is 3.19. The van der Waals surface area contributed by atoms with E-state index in [4.69, 9.17) is 11.6 Å². The maximum absolute atomic E-state index is 5.96. The van der Waals surface area contributed by atoms with Gasteiger partial charge < -0.3 is 15.1 Å². The van der Waals surface area contributed by atoms with Gasteiger partial charge in [-0.25, -0.2) is 4.99 Å². The standard InChI is InChI=1S/C17H24ClN5/c1-22-11-8-15(9-12-22)23(2)14-5-3-13(4-6-14)20-17-19-10-7-16(18)21-17/h3-6,15H,7-12H2,1-2H3,(H,19,20). The third-order valence-electron chi connectivity index (χ3n) is 4.57. The molecule has 1 fully saturated rings. The van der Waals surface area contributed by atoms with E-state index in [1.807, 2.05) is 0 Å². The molecule has 0 aromatic heterocycles. The highest BCUT2D eigenvalue weighted by atomic mass is 35.5. The SMILES string of the molecule is CN1CCC(N(C)c2ccc(NC3=NCCC(Cl)=N3)cc2)CC1. The molecule has 2 aliphatic rings. The lowest BCUT2D eigenvalue weighted by Gasteiger charge is -2.36. The van der Waals surface area contributed by atoms with Crippen LogP contribution in [0.2, 0.25) is 0 Å². The summed E-state index contributed by atoms with van der Waals surface area (Å²) in [6.07, 6.45) is 3.17. The van der Waals surface area contributed by atoms with E-state index < -0.39 is 0 Å². The summed E-state index contributed by atoms with van der Waals surface area (Å²) < 4.78 is 0. The van der Waals surface area contributed by atoms with Crippen LogP contribution in [-0.2, 0) is 0 Å². The van der Waals surface area contributed by atoms with E-state index in [2.05, 4.69) is 63.5 Å². The molecule has 1 aromatic rings. The van der Waals surface area contributed by atoms with Crippen LogP contribution in [0.5, 0.6) is 0 Å². The molecule has 3 rings (SSSR count). The number of aliphatic imine (C=N–C) groups is 2. The molecule has 0 aliphatic carbocycles. The highest BCUT2D eigenvalue weighted by Gasteiger charge is 2.20. The number of rotatable bonds is 3. The molecule has 0 atom stereocenters. The Balaban J connectivity index is 1.61. The van der Waals surface area contributed by atoms with E-state index in [1.54, 1.807) is 0 Å². The quantitative estimate of drug-likeness (QED) is 0.924. The number of benzene rings is 1. The van der Waals surface area contributed by atoms with Crippen LogP contribution in [0, 0.1) is 0 Å². The van der Waals surface area contributed by atoms with E-state index in [0.717, 1.165) is 12.1 Å². The molecular formula is C17H24ClN5. The lowest BCUT2D eigenvalue weighted by atomic mass is 10.0. The molecule has 0 amide bonds. The maximum atomic E-state index is 5.96. The van der Waals surface area contributed by atoms with Crippen molar-refractivity contribution in [3.05, 3.63) is 24.3 Å². The summed E-state index contributed by atoms with van der Waals surface area (Å²) >= 11 is 5.96. The average Bonchev–Trinajstić information content (AvgIpc) is 2.56. The topological polar surface area (TPSA) is 43.2 Å². The molecule has 1 aromatic carbocycles. The van der Waals surface area contributed by atoms with Crippen LogP contribution in [-0.4, -0.2) is 55.8 Å². The van der Waals surface area contributed by atoms with Gasteiger partial charge in [-0.2, -0.15) is 0 Å². The molecule has 2 heterocycles. The second kappa shape index (κ2) is 7.32. The van der Waals surface area contributed by atoms with Crippen LogP contribution < -0.4 is 10.2 Å². The summed E-state index contributed by atoms with van der Waals surface area (Å²) in [4.78, 5) is 13.3. The fraction of sp³-hybridized carbons (Fsp3) is 0.529. The summed E-state index contributed by atoms with van der Waals surface area (Å²) in [5, 5.41) is 3.83. The molecule has 1 saturated heterocycles. The van der Waals surface area contributed by atoms with Crippen molar-refractivity contribution in [2.45, 2.75) is 25.3 Å². The van der Waals surface area contributed by atoms with Crippen LogP contribution in [0.25, 0.3) is 0 Å². The number of piperidine rings is 1. The Bertz CT molecular complexity index is 588. The highest BCUT2D eigenvalue weighted by molar-refractivity contribution is 6.66. The number of nitrogens with zero attached hydrogens (tertiary/aromatic N) is 4. The van der Waals surface area contributed by atoms with Crippen molar-refractivity contribution >= 4 is 34.1 Å². The number of anilines is 2. The van der Waals surface area contributed by atoms with Gasteiger partial charge in [0.25, 0.3) is 0 Å². The predicted octanol–water partition coefficient (Wildman–Crippen LogP) is 3.03. The van der Waals surface area contributed by atoms with Gasteiger partial charge in [-0.1, -0.05) is 11.6 Å². The third-order valence-corrected chi connectivity index (χ3v) is 4.85. The lowest BCUT2D eigenvalue weighted by molar-refractivity contribution is 0.253. The zero-order valence-electron chi connectivity index (χ0n) is 13.8. The summed E-state index contributed by atoms with van der Waals surface area (Å²) in [5.41, 5.74) is 2.23. The van der Waals surface area contributed by atoms with Gasteiger partial charge in [0.15, 0.2) is 0 Å². The summed E-state index contributed by atoms with van der Waals surface area (Å²) in [5.74, 6) is 0.595. The van der Waals surface area contributed by atoms with Gasteiger partial charge in [-0.3, -0.25) is 4.99 Å². The first-order chi connectivity index (χ1) is 11.1. The Morgan fingerprint density at radius 3 is 2.57 bits per heavy atom. The Morgan fingerprint density at radius 2 is 1.91 bits per heavy atom. The van der Waals surface area contributed by atoms with Gasteiger partial charge in [0.05, 0.1) is 0 Å². The van der Waals surface area contributed by atoms with Crippen LogP contribution in [0.15, 0.2) is 34.3 Å².